The van der Waals surface area contributed by atoms with Crippen LogP contribution in [0.5, 0.6) is 0 Å². The van der Waals surface area contributed by atoms with Gasteiger partial charge in [-0.25, -0.2) is 0 Å². The van der Waals surface area contributed by atoms with Crippen LogP contribution in [-0.2, 0) is 6.54 Å². The molecule has 2 heterocycles. The average molecular weight is 380 g/mol. The number of carbonyl (C=O) groups excluding carboxylic acids is 1. The Morgan fingerprint density at radius 1 is 1.00 bits per heavy atom. The number of nitrogens with one attached hydrogen (secondary N) is 1. The summed E-state index contributed by atoms with van der Waals surface area (Å²) >= 11 is 0. The van der Waals surface area contributed by atoms with Crippen molar-refractivity contribution in [1.82, 2.24) is 19.7 Å². The monoisotopic (exact) mass is 380 g/mol. The summed E-state index contributed by atoms with van der Waals surface area (Å²) < 4.78 is 1.20. The van der Waals surface area contributed by atoms with Crippen LogP contribution in [0.4, 0.5) is 5.95 Å². The summed E-state index contributed by atoms with van der Waals surface area (Å²) in [6.07, 6.45) is 3.28. The topological polar surface area (TPSA) is 96.5 Å². The Bertz CT molecular complexity index is 1180. The number of benzene rings is 2. The van der Waals surface area contributed by atoms with Crippen molar-refractivity contribution < 1.29 is 4.79 Å². The number of hydrogen-bond acceptors (Lipinski definition) is 6. The molecule has 29 heavy (non-hydrogen) atoms. The van der Waals surface area contributed by atoms with E-state index >= 15 is 0 Å². The molecule has 2 aromatic carbocycles. The maximum Gasteiger partial charge on any atom is 0.282 e. The maximum atomic E-state index is 13.2. The first-order valence-electron chi connectivity index (χ1n) is 8.95. The van der Waals surface area contributed by atoms with Crippen LogP contribution in [-0.4, -0.2) is 25.7 Å². The lowest BCUT2D eigenvalue weighted by Gasteiger charge is -2.08. The highest BCUT2D eigenvalue weighted by molar-refractivity contribution is 5.99. The van der Waals surface area contributed by atoms with Gasteiger partial charge in [0.15, 0.2) is 5.82 Å². The summed E-state index contributed by atoms with van der Waals surface area (Å²) in [6, 6.07) is 22.0. The van der Waals surface area contributed by atoms with Gasteiger partial charge in [0.1, 0.15) is 0 Å². The normalized spacial score (nSPS) is 10.3. The van der Waals surface area contributed by atoms with E-state index in [1.165, 1.54) is 4.68 Å². The third-order valence-corrected chi connectivity index (χ3v) is 4.31. The van der Waals surface area contributed by atoms with Crippen LogP contribution in [0.15, 0.2) is 79.1 Å². The second-order valence-electron chi connectivity index (χ2n) is 6.21. The Labute approximate surface area is 167 Å². The SMILES string of the molecule is N#Cc1ccccc1C(=O)n1nc(-c2ccncc2)nc1NCc1ccccc1. The molecular formula is C22H16N6O. The van der Waals surface area contributed by atoms with E-state index in [2.05, 4.69) is 26.5 Å². The van der Waals surface area contributed by atoms with Gasteiger partial charge >= 0.3 is 0 Å². The van der Waals surface area contributed by atoms with Crippen molar-refractivity contribution in [3.63, 3.8) is 0 Å². The second-order valence-corrected chi connectivity index (χ2v) is 6.21. The molecule has 0 aliphatic heterocycles. The van der Waals surface area contributed by atoms with Gasteiger partial charge in [-0.1, -0.05) is 42.5 Å². The van der Waals surface area contributed by atoms with Gasteiger partial charge in [0.2, 0.25) is 5.95 Å². The fourth-order valence-corrected chi connectivity index (χ4v) is 2.85. The van der Waals surface area contributed by atoms with E-state index in [-0.39, 0.29) is 11.1 Å². The van der Waals surface area contributed by atoms with E-state index in [4.69, 9.17) is 0 Å². The van der Waals surface area contributed by atoms with Crippen LogP contribution in [0.2, 0.25) is 0 Å². The van der Waals surface area contributed by atoms with E-state index in [9.17, 15) is 10.1 Å². The molecule has 2 aromatic heterocycles. The summed E-state index contributed by atoms with van der Waals surface area (Å²) in [7, 11) is 0. The number of rotatable bonds is 5. The van der Waals surface area contributed by atoms with Gasteiger partial charge in [-0.15, -0.1) is 5.10 Å². The Hall–Kier alpha value is -4.31. The molecule has 0 aliphatic rings. The van der Waals surface area contributed by atoms with Crippen LogP contribution in [0.3, 0.4) is 0 Å². The molecule has 0 unspecified atom stereocenters. The van der Waals surface area contributed by atoms with Crippen molar-refractivity contribution in [3.05, 3.63) is 95.8 Å². The molecule has 4 aromatic rings. The zero-order valence-corrected chi connectivity index (χ0v) is 15.4. The lowest BCUT2D eigenvalue weighted by atomic mass is 10.1. The minimum absolute atomic E-state index is 0.268. The zero-order valence-electron chi connectivity index (χ0n) is 15.4. The molecule has 0 saturated heterocycles. The molecule has 7 heteroatoms. The van der Waals surface area contributed by atoms with E-state index in [0.29, 0.717) is 18.3 Å². The lowest BCUT2D eigenvalue weighted by Crippen LogP contribution is -2.18. The molecule has 0 amide bonds. The smallest absolute Gasteiger partial charge is 0.282 e. The highest BCUT2D eigenvalue weighted by atomic mass is 16.2. The van der Waals surface area contributed by atoms with Gasteiger partial charge in [-0.2, -0.15) is 14.9 Å². The van der Waals surface area contributed by atoms with E-state index in [1.54, 1.807) is 48.8 Å². The summed E-state index contributed by atoms with van der Waals surface area (Å²) in [5.74, 6) is 0.273. The second kappa shape index (κ2) is 8.15. The van der Waals surface area contributed by atoms with Crippen LogP contribution in [0, 0.1) is 11.3 Å². The van der Waals surface area contributed by atoms with Crippen molar-refractivity contribution >= 4 is 11.9 Å². The first kappa shape index (κ1) is 18.1. The molecule has 7 nitrogen and oxygen atoms in total. The summed E-state index contributed by atoms with van der Waals surface area (Å²) in [5.41, 5.74) is 2.33. The molecule has 0 saturated carbocycles. The van der Waals surface area contributed by atoms with Crippen molar-refractivity contribution in [1.29, 1.82) is 5.26 Å². The Morgan fingerprint density at radius 3 is 2.48 bits per heavy atom. The summed E-state index contributed by atoms with van der Waals surface area (Å²) in [6.45, 7) is 0.475. The first-order valence-corrected chi connectivity index (χ1v) is 8.95. The van der Waals surface area contributed by atoms with Gasteiger partial charge < -0.3 is 5.32 Å². The highest BCUT2D eigenvalue weighted by Crippen LogP contribution is 2.20. The Balaban J connectivity index is 1.73. The minimum Gasteiger partial charge on any atom is -0.350 e. The molecular weight excluding hydrogens is 364 g/mol. The third kappa shape index (κ3) is 3.87. The van der Waals surface area contributed by atoms with Gasteiger partial charge in [0, 0.05) is 24.5 Å². The number of hydrogen-bond donors (Lipinski definition) is 1. The van der Waals surface area contributed by atoms with Crippen molar-refractivity contribution in [2.45, 2.75) is 6.54 Å². The van der Waals surface area contributed by atoms with Gasteiger partial charge in [0.05, 0.1) is 17.2 Å². The van der Waals surface area contributed by atoms with Crippen molar-refractivity contribution in [2.75, 3.05) is 5.32 Å². The first-order chi connectivity index (χ1) is 14.3. The minimum atomic E-state index is -0.425. The predicted molar refractivity (Wildman–Crippen MR) is 108 cm³/mol. The zero-order chi connectivity index (χ0) is 20.1. The number of nitriles is 1. The van der Waals surface area contributed by atoms with Gasteiger partial charge in [-0.05, 0) is 29.8 Å². The molecule has 140 valence electrons. The van der Waals surface area contributed by atoms with E-state index < -0.39 is 5.91 Å². The largest absolute Gasteiger partial charge is 0.350 e. The van der Waals surface area contributed by atoms with Crippen molar-refractivity contribution in [3.8, 4) is 17.5 Å². The van der Waals surface area contributed by atoms with E-state index in [1.807, 2.05) is 30.3 Å². The molecule has 0 bridgehead atoms. The van der Waals surface area contributed by atoms with Crippen LogP contribution >= 0.6 is 0 Å². The number of nitrogens with zero attached hydrogens (tertiary/aromatic N) is 5. The fourth-order valence-electron chi connectivity index (χ4n) is 2.85. The van der Waals surface area contributed by atoms with Gasteiger partial charge in [0.25, 0.3) is 5.91 Å². The van der Waals surface area contributed by atoms with Crippen LogP contribution < -0.4 is 5.32 Å². The number of anilines is 1. The number of aromatic nitrogens is 4. The molecule has 0 aliphatic carbocycles. The average Bonchev–Trinajstić information content (AvgIpc) is 3.23. The molecule has 0 spiro atoms. The molecule has 0 fully saturated rings. The summed E-state index contributed by atoms with van der Waals surface area (Å²) in [5, 5.41) is 16.9. The predicted octanol–water partition coefficient (Wildman–Crippen LogP) is 3.51. The number of carbonyl (C=O) groups is 1. The third-order valence-electron chi connectivity index (χ3n) is 4.31. The molecule has 1 N–H and O–H groups in total. The Morgan fingerprint density at radius 2 is 1.72 bits per heavy atom. The highest BCUT2D eigenvalue weighted by Gasteiger charge is 2.20. The van der Waals surface area contributed by atoms with Gasteiger partial charge in [-0.3, -0.25) is 9.78 Å². The van der Waals surface area contributed by atoms with E-state index in [0.717, 1.165) is 11.1 Å². The van der Waals surface area contributed by atoms with Crippen molar-refractivity contribution in [2.24, 2.45) is 0 Å². The fraction of sp³-hybridized carbons (Fsp3) is 0.0455. The maximum absolute atomic E-state index is 13.2. The lowest BCUT2D eigenvalue weighted by molar-refractivity contribution is 0.0947. The standard InChI is InChI=1S/C22H16N6O/c23-14-18-8-4-5-9-19(18)21(29)28-22(25-15-16-6-2-1-3-7-16)26-20(27-28)17-10-12-24-13-11-17/h1-13H,15H2,(H,25,26,27). The Kier molecular flexibility index (Phi) is 5.08. The van der Waals surface area contributed by atoms with Crippen LogP contribution in [0.25, 0.3) is 11.4 Å². The van der Waals surface area contributed by atoms with Crippen LogP contribution in [0.1, 0.15) is 21.5 Å². The summed E-state index contributed by atoms with van der Waals surface area (Å²) in [4.78, 5) is 21.7. The molecule has 0 atom stereocenters. The molecule has 0 radical (unpaired) electrons. The quantitative estimate of drug-likeness (QED) is 0.569. The number of pyridine rings is 1. The molecule has 4 rings (SSSR count).